The molecule has 0 aliphatic carbocycles. The van der Waals surface area contributed by atoms with E-state index in [2.05, 4.69) is 9.72 Å². The van der Waals surface area contributed by atoms with E-state index in [0.717, 1.165) is 13.2 Å². The molecule has 2 N–H and O–H groups in total. The lowest BCUT2D eigenvalue weighted by Gasteiger charge is -2.34. The number of aromatic nitrogens is 1. The minimum Gasteiger partial charge on any atom is -0.466 e. The van der Waals surface area contributed by atoms with Gasteiger partial charge in [0.2, 0.25) is 0 Å². The Kier molecular flexibility index (Phi) is 6.41. The normalized spacial score (nSPS) is 13.4. The Hall–Kier alpha value is -2.52. The van der Waals surface area contributed by atoms with Crippen LogP contribution in [0.4, 0.5) is 19.0 Å². The van der Waals surface area contributed by atoms with Crippen LogP contribution in [0.2, 0.25) is 10.0 Å². The molecule has 0 aliphatic rings. The molecular formula is C17H14Cl2F3N3O3. The standard InChI is InChI=1S/C17H14Cl2F3N3O3/c1-9-4-3-5-13(23-9)24-16(15(27)28-2,17(20,21)22)25-14(26)11-7-6-10(18)8-12(11)19/h3-8H,1-2H3,(H,23,24)(H,25,26). The number of nitrogens with one attached hydrogen (secondary N) is 2. The van der Waals surface area contributed by atoms with E-state index < -0.39 is 23.7 Å². The average Bonchev–Trinajstić information content (AvgIpc) is 2.59. The summed E-state index contributed by atoms with van der Waals surface area (Å²) in [5.41, 5.74) is -3.54. The molecule has 0 saturated carbocycles. The predicted octanol–water partition coefficient (Wildman–Crippen LogP) is 3.97. The second-order valence-electron chi connectivity index (χ2n) is 5.61. The average molecular weight is 436 g/mol. The molecule has 150 valence electrons. The highest BCUT2D eigenvalue weighted by molar-refractivity contribution is 6.36. The number of carbonyl (C=O) groups excluding carboxylic acids is 2. The van der Waals surface area contributed by atoms with Crippen molar-refractivity contribution in [2.75, 3.05) is 12.4 Å². The number of esters is 1. The molecule has 0 aliphatic heterocycles. The topological polar surface area (TPSA) is 80.3 Å². The van der Waals surface area contributed by atoms with Gasteiger partial charge in [-0.05, 0) is 37.3 Å². The maximum absolute atomic E-state index is 14.0. The third-order valence-electron chi connectivity index (χ3n) is 3.60. The fourth-order valence-corrected chi connectivity index (χ4v) is 2.75. The van der Waals surface area contributed by atoms with E-state index in [4.69, 9.17) is 23.2 Å². The molecule has 0 radical (unpaired) electrons. The third kappa shape index (κ3) is 4.48. The highest BCUT2D eigenvalue weighted by atomic mass is 35.5. The number of hydrogen-bond donors (Lipinski definition) is 2. The van der Waals surface area contributed by atoms with Gasteiger partial charge in [-0.15, -0.1) is 0 Å². The summed E-state index contributed by atoms with van der Waals surface area (Å²) in [4.78, 5) is 28.6. The van der Waals surface area contributed by atoms with Gasteiger partial charge in [-0.1, -0.05) is 29.3 Å². The summed E-state index contributed by atoms with van der Waals surface area (Å²) in [6, 6.07) is 7.76. The van der Waals surface area contributed by atoms with Crippen molar-refractivity contribution in [1.82, 2.24) is 10.3 Å². The summed E-state index contributed by atoms with van der Waals surface area (Å²) in [6.45, 7) is 1.55. The molecule has 2 aromatic rings. The minimum atomic E-state index is -5.29. The molecule has 1 atom stereocenters. The van der Waals surface area contributed by atoms with Crippen LogP contribution in [-0.4, -0.2) is 35.8 Å². The molecule has 0 saturated heterocycles. The van der Waals surface area contributed by atoms with Crippen LogP contribution in [0.25, 0.3) is 0 Å². The van der Waals surface area contributed by atoms with Crippen molar-refractivity contribution >= 4 is 40.9 Å². The maximum atomic E-state index is 14.0. The Bertz CT molecular complexity index is 909. The van der Waals surface area contributed by atoms with E-state index in [0.29, 0.717) is 5.69 Å². The second-order valence-corrected chi connectivity index (χ2v) is 6.45. The largest absolute Gasteiger partial charge is 0.466 e. The molecule has 0 fully saturated rings. The first-order valence-corrected chi connectivity index (χ1v) is 8.40. The molecule has 28 heavy (non-hydrogen) atoms. The zero-order valence-electron chi connectivity index (χ0n) is 14.5. The molecule has 1 unspecified atom stereocenters. The fourth-order valence-electron chi connectivity index (χ4n) is 2.26. The molecule has 0 bridgehead atoms. The second kappa shape index (κ2) is 8.24. The van der Waals surface area contributed by atoms with Gasteiger partial charge in [-0.2, -0.15) is 13.2 Å². The third-order valence-corrected chi connectivity index (χ3v) is 4.15. The van der Waals surface area contributed by atoms with Crippen LogP contribution in [0.5, 0.6) is 0 Å². The van der Waals surface area contributed by atoms with Gasteiger partial charge in [-0.25, -0.2) is 9.78 Å². The first-order chi connectivity index (χ1) is 13.0. The van der Waals surface area contributed by atoms with Gasteiger partial charge < -0.3 is 15.4 Å². The zero-order chi connectivity index (χ0) is 21.1. The molecule has 2 rings (SSSR count). The van der Waals surface area contributed by atoms with E-state index in [1.807, 2.05) is 5.32 Å². The molecule has 1 heterocycles. The van der Waals surface area contributed by atoms with Crippen molar-refractivity contribution in [1.29, 1.82) is 0 Å². The summed E-state index contributed by atoms with van der Waals surface area (Å²) in [6.07, 6.45) is -5.29. The number of halogens is 5. The number of alkyl halides is 3. The SMILES string of the molecule is COC(=O)C(NC(=O)c1ccc(Cl)cc1Cl)(Nc1cccc(C)n1)C(F)(F)F. The number of rotatable bonds is 5. The number of carbonyl (C=O) groups is 2. The predicted molar refractivity (Wildman–Crippen MR) is 97.3 cm³/mol. The van der Waals surface area contributed by atoms with E-state index >= 15 is 0 Å². The number of pyridine rings is 1. The Morgan fingerprint density at radius 2 is 1.82 bits per heavy atom. The maximum Gasteiger partial charge on any atom is 0.441 e. The molecule has 1 amide bonds. The highest BCUT2D eigenvalue weighted by Crippen LogP contribution is 2.33. The van der Waals surface area contributed by atoms with Crippen LogP contribution in [0.1, 0.15) is 16.1 Å². The molecule has 11 heteroatoms. The number of benzene rings is 1. The number of nitrogens with zero attached hydrogens (tertiary/aromatic N) is 1. The van der Waals surface area contributed by atoms with Crippen molar-refractivity contribution in [3.63, 3.8) is 0 Å². The van der Waals surface area contributed by atoms with Crippen LogP contribution in [0.3, 0.4) is 0 Å². The Morgan fingerprint density at radius 1 is 1.14 bits per heavy atom. The summed E-state index contributed by atoms with van der Waals surface area (Å²) in [7, 11) is 0.760. The van der Waals surface area contributed by atoms with Crippen molar-refractivity contribution < 1.29 is 27.5 Å². The van der Waals surface area contributed by atoms with Gasteiger partial charge in [0.15, 0.2) is 0 Å². The number of hydrogen-bond acceptors (Lipinski definition) is 5. The monoisotopic (exact) mass is 435 g/mol. The minimum absolute atomic E-state index is 0.179. The van der Waals surface area contributed by atoms with Gasteiger partial charge in [-0.3, -0.25) is 4.79 Å². The summed E-state index contributed by atoms with van der Waals surface area (Å²) in [5, 5.41) is 3.58. The van der Waals surface area contributed by atoms with Gasteiger partial charge in [0, 0.05) is 10.7 Å². The Morgan fingerprint density at radius 3 is 2.36 bits per heavy atom. The van der Waals surface area contributed by atoms with E-state index in [9.17, 15) is 22.8 Å². The fraction of sp³-hybridized carbons (Fsp3) is 0.235. The van der Waals surface area contributed by atoms with Crippen molar-refractivity contribution in [2.24, 2.45) is 0 Å². The summed E-state index contributed by atoms with van der Waals surface area (Å²) < 4.78 is 46.3. The number of ether oxygens (including phenoxy) is 1. The Balaban J connectivity index is 2.53. The van der Waals surface area contributed by atoms with Gasteiger partial charge in [0.1, 0.15) is 5.82 Å². The summed E-state index contributed by atoms with van der Waals surface area (Å²) in [5.74, 6) is -3.36. The lowest BCUT2D eigenvalue weighted by molar-refractivity contribution is -0.203. The van der Waals surface area contributed by atoms with Crippen LogP contribution in [0.15, 0.2) is 36.4 Å². The van der Waals surface area contributed by atoms with Crippen LogP contribution in [-0.2, 0) is 9.53 Å². The molecule has 1 aromatic carbocycles. The van der Waals surface area contributed by atoms with Gasteiger partial charge in [0.25, 0.3) is 5.91 Å². The molecule has 6 nitrogen and oxygen atoms in total. The lowest BCUT2D eigenvalue weighted by atomic mass is 10.1. The summed E-state index contributed by atoms with van der Waals surface area (Å²) >= 11 is 11.6. The molecule has 1 aromatic heterocycles. The first kappa shape index (κ1) is 21.8. The quantitative estimate of drug-likeness (QED) is 0.548. The zero-order valence-corrected chi connectivity index (χ0v) is 16.0. The van der Waals surface area contributed by atoms with Crippen LogP contribution < -0.4 is 10.6 Å². The highest BCUT2D eigenvalue weighted by Gasteiger charge is 2.63. The Labute approximate surface area is 168 Å². The van der Waals surface area contributed by atoms with Crippen molar-refractivity contribution in [2.45, 2.75) is 18.8 Å². The molecule has 0 spiro atoms. The smallest absolute Gasteiger partial charge is 0.441 e. The van der Waals surface area contributed by atoms with E-state index in [1.165, 1.54) is 24.3 Å². The number of aryl methyl sites for hydroxylation is 1. The molecular weight excluding hydrogens is 422 g/mol. The van der Waals surface area contributed by atoms with Crippen LogP contribution >= 0.6 is 23.2 Å². The van der Waals surface area contributed by atoms with Gasteiger partial charge in [0.05, 0.1) is 17.7 Å². The number of anilines is 1. The van der Waals surface area contributed by atoms with Crippen molar-refractivity contribution in [3.05, 3.63) is 57.7 Å². The number of amides is 1. The lowest BCUT2D eigenvalue weighted by Crippen LogP contribution is -2.69. The first-order valence-electron chi connectivity index (χ1n) is 7.64. The van der Waals surface area contributed by atoms with Crippen LogP contribution in [0, 0.1) is 6.92 Å². The van der Waals surface area contributed by atoms with Gasteiger partial charge >= 0.3 is 17.8 Å². The van der Waals surface area contributed by atoms with E-state index in [1.54, 1.807) is 18.3 Å². The van der Waals surface area contributed by atoms with E-state index in [-0.39, 0.29) is 21.4 Å². The number of methoxy groups -OCH3 is 1. The van der Waals surface area contributed by atoms with Crippen molar-refractivity contribution in [3.8, 4) is 0 Å².